The fourth-order valence-electron chi connectivity index (χ4n) is 1.85. The van der Waals surface area contributed by atoms with Crippen molar-refractivity contribution in [3.63, 3.8) is 0 Å². The number of benzene rings is 2. The van der Waals surface area contributed by atoms with E-state index in [1.54, 1.807) is 36.4 Å². The molecule has 0 saturated heterocycles. The first-order chi connectivity index (χ1) is 10.0. The summed E-state index contributed by atoms with van der Waals surface area (Å²) in [6.45, 7) is 0. The molecule has 106 valence electrons. The zero-order chi connectivity index (χ0) is 15.0. The normalized spacial score (nSPS) is 10.8. The fraction of sp³-hybridized carbons (Fsp3) is 0. The van der Waals surface area contributed by atoms with E-state index in [2.05, 4.69) is 25.9 Å². The van der Waals surface area contributed by atoms with Gasteiger partial charge in [-0.05, 0) is 36.4 Å². The monoisotopic (exact) mass is 365 g/mol. The number of halogens is 2. The number of aromatic amines is 1. The summed E-state index contributed by atoms with van der Waals surface area (Å²) < 4.78 is 6.36. The van der Waals surface area contributed by atoms with E-state index < -0.39 is 0 Å². The number of hydrogen-bond acceptors (Lipinski definition) is 4. The van der Waals surface area contributed by atoms with Crippen LogP contribution in [0.5, 0.6) is 11.8 Å². The van der Waals surface area contributed by atoms with E-state index in [1.807, 2.05) is 0 Å². The Hall–Kier alpha value is -2.05. The number of anilines is 1. The lowest BCUT2D eigenvalue weighted by Crippen LogP contribution is -2.09. The number of fused-ring (bicyclic) bond motifs is 1. The minimum atomic E-state index is -0.324. The third-order valence-electron chi connectivity index (χ3n) is 2.81. The van der Waals surface area contributed by atoms with Crippen LogP contribution in [0.1, 0.15) is 0 Å². The van der Waals surface area contributed by atoms with Crippen LogP contribution in [0, 0.1) is 0 Å². The first-order valence-corrected chi connectivity index (χ1v) is 7.12. The highest BCUT2D eigenvalue weighted by molar-refractivity contribution is 9.10. The van der Waals surface area contributed by atoms with Crippen LogP contribution >= 0.6 is 27.5 Å². The van der Waals surface area contributed by atoms with Crippen molar-refractivity contribution in [1.29, 1.82) is 0 Å². The molecule has 0 fully saturated rings. The summed E-state index contributed by atoms with van der Waals surface area (Å²) in [5.41, 5.74) is 6.33. The predicted octanol–water partition coefficient (Wildman–Crippen LogP) is 3.71. The number of nitrogens with zero attached hydrogens (tertiary/aromatic N) is 1. The average Bonchev–Trinajstić information content (AvgIpc) is 2.43. The molecule has 0 saturated carbocycles. The fourth-order valence-corrected chi connectivity index (χ4v) is 2.56. The molecule has 2 aromatic carbocycles. The van der Waals surface area contributed by atoms with Gasteiger partial charge in [-0.3, -0.25) is 9.78 Å². The maximum absolute atomic E-state index is 12.0. The Morgan fingerprint density at radius 3 is 2.81 bits per heavy atom. The summed E-state index contributed by atoms with van der Waals surface area (Å²) >= 11 is 9.37. The van der Waals surface area contributed by atoms with Crippen LogP contribution < -0.4 is 16.0 Å². The molecule has 3 aromatic rings. The molecule has 0 aliphatic rings. The number of rotatable bonds is 2. The van der Waals surface area contributed by atoms with Crippen LogP contribution in [0.25, 0.3) is 10.9 Å². The third kappa shape index (κ3) is 2.86. The van der Waals surface area contributed by atoms with Crippen molar-refractivity contribution in [3.8, 4) is 11.8 Å². The van der Waals surface area contributed by atoms with Gasteiger partial charge in [-0.25, -0.2) is 0 Å². The molecule has 0 atom stereocenters. The van der Waals surface area contributed by atoms with E-state index in [0.717, 1.165) is 4.47 Å². The Balaban J connectivity index is 2.05. The number of nitrogens with two attached hydrogens (primary N) is 1. The quantitative estimate of drug-likeness (QED) is 0.677. The van der Waals surface area contributed by atoms with Crippen LogP contribution in [0.2, 0.25) is 5.02 Å². The largest absolute Gasteiger partial charge is 0.424 e. The predicted molar refractivity (Wildman–Crippen MR) is 86.0 cm³/mol. The van der Waals surface area contributed by atoms with Gasteiger partial charge in [0.05, 0.1) is 15.9 Å². The van der Waals surface area contributed by atoms with Crippen LogP contribution in [-0.2, 0) is 0 Å². The number of ether oxygens (including phenoxy) is 1. The Bertz CT molecular complexity index is 895. The minimum Gasteiger partial charge on any atom is -0.424 e. The van der Waals surface area contributed by atoms with Gasteiger partial charge >= 0.3 is 6.01 Å². The van der Waals surface area contributed by atoms with Gasteiger partial charge in [-0.15, -0.1) is 0 Å². The molecule has 0 aliphatic heterocycles. The van der Waals surface area contributed by atoms with Gasteiger partial charge in [-0.2, -0.15) is 4.98 Å². The van der Waals surface area contributed by atoms with Crippen molar-refractivity contribution in [1.82, 2.24) is 9.97 Å². The number of hydrogen-bond donors (Lipinski definition) is 2. The second kappa shape index (κ2) is 5.38. The summed E-state index contributed by atoms with van der Waals surface area (Å²) in [6.07, 6.45) is 0. The van der Waals surface area contributed by atoms with Gasteiger partial charge in [0.2, 0.25) is 0 Å². The van der Waals surface area contributed by atoms with Crippen molar-refractivity contribution < 1.29 is 4.74 Å². The summed E-state index contributed by atoms with van der Waals surface area (Å²) in [6, 6.07) is 10.1. The van der Waals surface area contributed by atoms with E-state index in [9.17, 15) is 4.79 Å². The molecule has 0 amide bonds. The van der Waals surface area contributed by atoms with Crippen LogP contribution in [0.3, 0.4) is 0 Å². The van der Waals surface area contributed by atoms with Gasteiger partial charge in [0, 0.05) is 10.2 Å². The van der Waals surface area contributed by atoms with Gasteiger partial charge < -0.3 is 10.5 Å². The standard InChI is InChI=1S/C14H9BrClN3O2/c15-7-1-4-12(10(16)5-7)21-14-18-11-3-2-8(17)6-9(11)13(20)19-14/h1-6H,17H2,(H,18,19,20). The lowest BCUT2D eigenvalue weighted by Gasteiger charge is -2.07. The lowest BCUT2D eigenvalue weighted by atomic mass is 10.2. The van der Waals surface area contributed by atoms with E-state index in [1.165, 1.54) is 0 Å². The van der Waals surface area contributed by atoms with E-state index in [4.69, 9.17) is 22.1 Å². The smallest absolute Gasteiger partial charge is 0.302 e. The van der Waals surface area contributed by atoms with Gasteiger partial charge in [0.25, 0.3) is 5.56 Å². The van der Waals surface area contributed by atoms with Crippen molar-refractivity contribution in [2.45, 2.75) is 0 Å². The van der Waals surface area contributed by atoms with Crippen molar-refractivity contribution in [2.75, 3.05) is 5.73 Å². The Labute approximate surface area is 132 Å². The summed E-state index contributed by atoms with van der Waals surface area (Å²) in [4.78, 5) is 18.8. The summed E-state index contributed by atoms with van der Waals surface area (Å²) in [7, 11) is 0. The molecule has 3 N–H and O–H groups in total. The second-order valence-corrected chi connectivity index (χ2v) is 5.65. The third-order valence-corrected chi connectivity index (χ3v) is 3.60. The molecule has 3 rings (SSSR count). The maximum Gasteiger partial charge on any atom is 0.302 e. The highest BCUT2D eigenvalue weighted by Gasteiger charge is 2.08. The Morgan fingerprint density at radius 1 is 1.24 bits per heavy atom. The zero-order valence-electron chi connectivity index (χ0n) is 10.6. The SMILES string of the molecule is Nc1ccc2nc(Oc3ccc(Br)cc3Cl)[nH]c(=O)c2c1. The van der Waals surface area contributed by atoms with Gasteiger partial charge in [0.1, 0.15) is 5.75 Å². The topological polar surface area (TPSA) is 81.0 Å². The van der Waals surface area contributed by atoms with E-state index in [0.29, 0.717) is 27.4 Å². The minimum absolute atomic E-state index is 0.0708. The average molecular weight is 367 g/mol. The molecular formula is C14H9BrClN3O2. The molecule has 1 aromatic heterocycles. The van der Waals surface area contributed by atoms with E-state index in [-0.39, 0.29) is 11.6 Å². The molecule has 7 heteroatoms. The van der Waals surface area contributed by atoms with Gasteiger partial charge in [0.15, 0.2) is 0 Å². The van der Waals surface area contributed by atoms with Crippen LogP contribution in [0.15, 0.2) is 45.7 Å². The molecule has 21 heavy (non-hydrogen) atoms. The van der Waals surface area contributed by atoms with Gasteiger partial charge in [-0.1, -0.05) is 27.5 Å². The molecule has 0 radical (unpaired) electrons. The first-order valence-electron chi connectivity index (χ1n) is 5.95. The lowest BCUT2D eigenvalue weighted by molar-refractivity contribution is 0.443. The van der Waals surface area contributed by atoms with Crippen molar-refractivity contribution in [3.05, 3.63) is 56.2 Å². The Kier molecular flexibility index (Phi) is 3.57. The van der Waals surface area contributed by atoms with Crippen LogP contribution in [0.4, 0.5) is 5.69 Å². The molecule has 0 unspecified atom stereocenters. The Morgan fingerprint density at radius 2 is 2.05 bits per heavy atom. The number of nitrogens with one attached hydrogen (secondary N) is 1. The maximum atomic E-state index is 12.0. The molecule has 1 heterocycles. The molecule has 0 spiro atoms. The molecular weight excluding hydrogens is 358 g/mol. The molecule has 5 nitrogen and oxygen atoms in total. The molecule has 0 bridgehead atoms. The molecule has 0 aliphatic carbocycles. The summed E-state index contributed by atoms with van der Waals surface area (Å²) in [5.74, 6) is 0.401. The van der Waals surface area contributed by atoms with E-state index >= 15 is 0 Å². The highest BCUT2D eigenvalue weighted by atomic mass is 79.9. The number of aromatic nitrogens is 2. The van der Waals surface area contributed by atoms with Crippen molar-refractivity contribution in [2.24, 2.45) is 0 Å². The first kappa shape index (κ1) is 13.9. The second-order valence-electron chi connectivity index (χ2n) is 4.32. The van der Waals surface area contributed by atoms with Crippen LogP contribution in [-0.4, -0.2) is 9.97 Å². The number of H-pyrrole nitrogens is 1. The summed E-state index contributed by atoms with van der Waals surface area (Å²) in [5, 5.41) is 0.814. The number of nitrogen functional groups attached to an aromatic ring is 1. The zero-order valence-corrected chi connectivity index (χ0v) is 12.9. The highest BCUT2D eigenvalue weighted by Crippen LogP contribution is 2.30. The van der Waals surface area contributed by atoms with Crippen molar-refractivity contribution >= 4 is 44.1 Å².